The van der Waals surface area contributed by atoms with Crippen LogP contribution < -0.4 is 5.32 Å². The highest BCUT2D eigenvalue weighted by molar-refractivity contribution is 4.92. The highest BCUT2D eigenvalue weighted by Gasteiger charge is 2.36. The molecule has 17 heavy (non-hydrogen) atoms. The van der Waals surface area contributed by atoms with Gasteiger partial charge in [-0.1, -0.05) is 27.7 Å². The van der Waals surface area contributed by atoms with E-state index in [1.807, 2.05) is 0 Å². The summed E-state index contributed by atoms with van der Waals surface area (Å²) in [6.45, 7) is 17.7. The van der Waals surface area contributed by atoms with Crippen LogP contribution in [0.3, 0.4) is 0 Å². The van der Waals surface area contributed by atoms with Crippen LogP contribution in [-0.2, 0) is 0 Å². The van der Waals surface area contributed by atoms with Crippen LogP contribution in [0.25, 0.3) is 0 Å². The minimum Gasteiger partial charge on any atom is -0.314 e. The van der Waals surface area contributed by atoms with E-state index in [0.717, 1.165) is 6.54 Å². The second kappa shape index (κ2) is 5.71. The molecule has 1 unspecified atom stereocenters. The summed E-state index contributed by atoms with van der Waals surface area (Å²) in [7, 11) is 0. The topological polar surface area (TPSA) is 15.3 Å². The van der Waals surface area contributed by atoms with Crippen LogP contribution in [0.1, 0.15) is 60.8 Å². The normalized spacial score (nSPS) is 24.2. The third-order valence-corrected chi connectivity index (χ3v) is 4.44. The summed E-state index contributed by atoms with van der Waals surface area (Å²) >= 11 is 0. The van der Waals surface area contributed by atoms with E-state index in [1.54, 1.807) is 0 Å². The minimum atomic E-state index is 0.409. The van der Waals surface area contributed by atoms with Gasteiger partial charge in [-0.05, 0) is 45.1 Å². The summed E-state index contributed by atoms with van der Waals surface area (Å²) < 4.78 is 0. The van der Waals surface area contributed by atoms with Crippen LogP contribution in [0, 0.1) is 5.41 Å². The molecule has 1 fully saturated rings. The Bertz CT molecular complexity index is 235. The summed E-state index contributed by atoms with van der Waals surface area (Å²) in [6.07, 6.45) is 3.97. The maximum absolute atomic E-state index is 3.61. The number of rotatable bonds is 6. The lowest BCUT2D eigenvalue weighted by Crippen LogP contribution is -2.48. The van der Waals surface area contributed by atoms with Crippen molar-refractivity contribution in [3.05, 3.63) is 0 Å². The zero-order valence-electron chi connectivity index (χ0n) is 12.8. The molecule has 2 nitrogen and oxygen atoms in total. The molecule has 0 amide bonds. The molecule has 0 aliphatic carbocycles. The number of nitrogens with zero attached hydrogens (tertiary/aromatic N) is 1. The first-order chi connectivity index (χ1) is 7.79. The summed E-state index contributed by atoms with van der Waals surface area (Å²) in [5.74, 6) is 0. The van der Waals surface area contributed by atoms with Crippen LogP contribution in [-0.4, -0.2) is 36.1 Å². The molecule has 2 heteroatoms. The van der Waals surface area contributed by atoms with Crippen LogP contribution in [0.2, 0.25) is 0 Å². The quantitative estimate of drug-likeness (QED) is 0.766. The van der Waals surface area contributed by atoms with E-state index >= 15 is 0 Å². The lowest BCUT2D eigenvalue weighted by molar-refractivity contribution is 0.0990. The Kier molecular flexibility index (Phi) is 5.03. The first kappa shape index (κ1) is 15.0. The molecule has 0 saturated carbocycles. The van der Waals surface area contributed by atoms with Gasteiger partial charge in [0.25, 0.3) is 0 Å². The molecule has 0 aromatic carbocycles. The van der Waals surface area contributed by atoms with Crippen molar-refractivity contribution in [1.82, 2.24) is 10.2 Å². The molecule has 1 heterocycles. The first-order valence-corrected chi connectivity index (χ1v) is 7.27. The van der Waals surface area contributed by atoms with Gasteiger partial charge in [0.15, 0.2) is 0 Å². The van der Waals surface area contributed by atoms with Crippen molar-refractivity contribution in [2.75, 3.05) is 19.6 Å². The van der Waals surface area contributed by atoms with Crippen molar-refractivity contribution in [2.45, 2.75) is 72.4 Å². The van der Waals surface area contributed by atoms with E-state index in [9.17, 15) is 0 Å². The van der Waals surface area contributed by atoms with Crippen molar-refractivity contribution in [3.8, 4) is 0 Å². The van der Waals surface area contributed by atoms with E-state index in [4.69, 9.17) is 0 Å². The minimum absolute atomic E-state index is 0.409. The SMILES string of the molecule is CCC(C)(CNC(C)C)CN1CCCC1(C)C. The van der Waals surface area contributed by atoms with Gasteiger partial charge in [0, 0.05) is 24.7 Å². The van der Waals surface area contributed by atoms with Gasteiger partial charge in [0.05, 0.1) is 0 Å². The summed E-state index contributed by atoms with van der Waals surface area (Å²) in [5, 5.41) is 3.61. The molecule has 1 N–H and O–H groups in total. The molecule has 1 saturated heterocycles. The van der Waals surface area contributed by atoms with Crippen molar-refractivity contribution < 1.29 is 0 Å². The van der Waals surface area contributed by atoms with E-state index in [0.29, 0.717) is 17.0 Å². The highest BCUT2D eigenvalue weighted by atomic mass is 15.2. The summed E-state index contributed by atoms with van der Waals surface area (Å²) in [5.41, 5.74) is 0.820. The van der Waals surface area contributed by atoms with Gasteiger partial charge in [-0.2, -0.15) is 0 Å². The van der Waals surface area contributed by atoms with Gasteiger partial charge in [-0.25, -0.2) is 0 Å². The molecule has 0 aromatic heterocycles. The van der Waals surface area contributed by atoms with Gasteiger partial charge in [-0.15, -0.1) is 0 Å². The lowest BCUT2D eigenvalue weighted by atomic mass is 9.85. The van der Waals surface area contributed by atoms with Gasteiger partial charge < -0.3 is 5.32 Å². The Morgan fingerprint density at radius 2 is 2.00 bits per heavy atom. The van der Waals surface area contributed by atoms with Gasteiger partial charge in [0.2, 0.25) is 0 Å². The lowest BCUT2D eigenvalue weighted by Gasteiger charge is -2.40. The molecule has 1 atom stereocenters. The van der Waals surface area contributed by atoms with E-state index < -0.39 is 0 Å². The summed E-state index contributed by atoms with van der Waals surface area (Å²) in [6, 6.07) is 0.590. The smallest absolute Gasteiger partial charge is 0.0153 e. The van der Waals surface area contributed by atoms with Gasteiger partial charge in [-0.3, -0.25) is 4.90 Å². The van der Waals surface area contributed by atoms with Crippen molar-refractivity contribution >= 4 is 0 Å². The van der Waals surface area contributed by atoms with E-state index in [-0.39, 0.29) is 0 Å². The zero-order valence-corrected chi connectivity index (χ0v) is 12.8. The van der Waals surface area contributed by atoms with Gasteiger partial charge >= 0.3 is 0 Å². The standard InChI is InChI=1S/C15H32N2/c1-7-15(6,11-16-13(2)3)12-17-10-8-9-14(17,4)5/h13,16H,7-12H2,1-6H3. The fraction of sp³-hybridized carbons (Fsp3) is 1.00. The molecular weight excluding hydrogens is 208 g/mol. The molecule has 0 bridgehead atoms. The van der Waals surface area contributed by atoms with Crippen molar-refractivity contribution in [1.29, 1.82) is 0 Å². The van der Waals surface area contributed by atoms with Crippen LogP contribution in [0.5, 0.6) is 0 Å². The average molecular weight is 240 g/mol. The molecular formula is C15H32N2. The molecule has 102 valence electrons. The molecule has 1 rings (SSSR count). The first-order valence-electron chi connectivity index (χ1n) is 7.27. The third-order valence-electron chi connectivity index (χ3n) is 4.44. The fourth-order valence-corrected chi connectivity index (χ4v) is 2.66. The second-order valence-corrected chi connectivity index (χ2v) is 7.04. The molecule has 1 aliphatic heterocycles. The Morgan fingerprint density at radius 3 is 2.41 bits per heavy atom. The molecule has 0 aromatic rings. The third kappa shape index (κ3) is 4.26. The van der Waals surface area contributed by atoms with E-state index in [2.05, 4.69) is 51.8 Å². The van der Waals surface area contributed by atoms with Crippen molar-refractivity contribution in [3.63, 3.8) is 0 Å². The number of likely N-dealkylation sites (tertiary alicyclic amines) is 1. The number of hydrogen-bond acceptors (Lipinski definition) is 2. The van der Waals surface area contributed by atoms with Gasteiger partial charge in [0.1, 0.15) is 0 Å². The van der Waals surface area contributed by atoms with Crippen LogP contribution >= 0.6 is 0 Å². The van der Waals surface area contributed by atoms with E-state index in [1.165, 1.54) is 32.4 Å². The Morgan fingerprint density at radius 1 is 1.35 bits per heavy atom. The second-order valence-electron chi connectivity index (χ2n) is 7.04. The maximum atomic E-state index is 3.61. The highest BCUT2D eigenvalue weighted by Crippen LogP contribution is 2.33. The summed E-state index contributed by atoms with van der Waals surface area (Å²) in [4.78, 5) is 2.69. The Labute approximate surface area is 108 Å². The van der Waals surface area contributed by atoms with Crippen molar-refractivity contribution in [2.24, 2.45) is 5.41 Å². The maximum Gasteiger partial charge on any atom is 0.0153 e. The Hall–Kier alpha value is -0.0800. The largest absolute Gasteiger partial charge is 0.314 e. The number of nitrogens with one attached hydrogen (secondary N) is 1. The zero-order chi connectivity index (χ0) is 13.1. The molecule has 0 spiro atoms. The monoisotopic (exact) mass is 240 g/mol. The molecule has 0 radical (unpaired) electrons. The average Bonchev–Trinajstić information content (AvgIpc) is 2.55. The van der Waals surface area contributed by atoms with Crippen LogP contribution in [0.15, 0.2) is 0 Å². The number of hydrogen-bond donors (Lipinski definition) is 1. The fourth-order valence-electron chi connectivity index (χ4n) is 2.66. The predicted molar refractivity (Wildman–Crippen MR) is 76.4 cm³/mol. The predicted octanol–water partition coefficient (Wildman–Crippen LogP) is 3.28. The van der Waals surface area contributed by atoms with Crippen LogP contribution in [0.4, 0.5) is 0 Å². The molecule has 1 aliphatic rings. The Balaban J connectivity index is 2.55.